The second-order valence-corrected chi connectivity index (χ2v) is 5.47. The lowest BCUT2D eigenvalue weighted by Gasteiger charge is -2.17. The molecule has 18 heavy (non-hydrogen) atoms. The van der Waals surface area contributed by atoms with Gasteiger partial charge in [-0.25, -0.2) is 4.39 Å². The molecule has 0 aliphatic rings. The quantitative estimate of drug-likeness (QED) is 0.856. The first-order valence-corrected chi connectivity index (χ1v) is 6.62. The van der Waals surface area contributed by atoms with Crippen molar-refractivity contribution in [2.24, 2.45) is 5.73 Å². The molecule has 0 saturated heterocycles. The van der Waals surface area contributed by atoms with E-state index < -0.39 is 6.04 Å². The van der Waals surface area contributed by atoms with Crippen LogP contribution in [-0.4, -0.2) is 0 Å². The van der Waals surface area contributed by atoms with E-state index in [1.807, 2.05) is 25.1 Å². The Bertz CT molecular complexity index is 535. The predicted molar refractivity (Wildman–Crippen MR) is 76.3 cm³/mol. The molecule has 0 aliphatic carbocycles. The Morgan fingerprint density at radius 1 is 1.17 bits per heavy atom. The lowest BCUT2D eigenvalue weighted by Crippen LogP contribution is -2.14. The number of hydrogen-bond donors (Lipinski definition) is 1. The van der Waals surface area contributed by atoms with Crippen LogP contribution in [0.15, 0.2) is 40.9 Å². The summed E-state index contributed by atoms with van der Waals surface area (Å²) in [5.41, 5.74) is 8.75. The average molecular weight is 329 g/mol. The second-order valence-electron chi connectivity index (χ2n) is 4.14. The average Bonchev–Trinajstić information content (AvgIpc) is 2.34. The van der Waals surface area contributed by atoms with E-state index in [-0.39, 0.29) is 5.82 Å². The third kappa shape index (κ3) is 2.74. The van der Waals surface area contributed by atoms with Crippen molar-refractivity contribution in [2.45, 2.75) is 13.0 Å². The zero-order valence-electron chi connectivity index (χ0n) is 9.75. The van der Waals surface area contributed by atoms with Crippen molar-refractivity contribution < 1.29 is 4.39 Å². The van der Waals surface area contributed by atoms with Gasteiger partial charge in [0, 0.05) is 9.50 Å². The van der Waals surface area contributed by atoms with Crippen LogP contribution >= 0.6 is 27.5 Å². The molecule has 0 saturated carbocycles. The normalized spacial score (nSPS) is 12.5. The van der Waals surface area contributed by atoms with Gasteiger partial charge in [-0.2, -0.15) is 0 Å². The molecule has 0 fully saturated rings. The summed E-state index contributed by atoms with van der Waals surface area (Å²) in [6.45, 7) is 1.97. The van der Waals surface area contributed by atoms with Gasteiger partial charge in [-0.1, -0.05) is 33.6 Å². The van der Waals surface area contributed by atoms with Crippen molar-refractivity contribution in [2.75, 3.05) is 0 Å². The second kappa shape index (κ2) is 5.39. The standard InChI is InChI=1S/C14H12BrClFN/c1-8-2-3-9(15)6-11(8)14(18)12-7-10(17)4-5-13(12)16/h2-7,14H,18H2,1H3. The molecule has 0 amide bonds. The highest BCUT2D eigenvalue weighted by Crippen LogP contribution is 2.30. The Hall–Kier alpha value is -0.900. The number of halogens is 3. The molecule has 1 nitrogen and oxygen atoms in total. The van der Waals surface area contributed by atoms with Crippen LogP contribution in [0.5, 0.6) is 0 Å². The van der Waals surface area contributed by atoms with Crippen LogP contribution in [0, 0.1) is 12.7 Å². The monoisotopic (exact) mass is 327 g/mol. The van der Waals surface area contributed by atoms with E-state index in [1.165, 1.54) is 18.2 Å². The zero-order chi connectivity index (χ0) is 13.3. The zero-order valence-corrected chi connectivity index (χ0v) is 12.1. The molecule has 1 unspecified atom stereocenters. The summed E-state index contributed by atoms with van der Waals surface area (Å²) < 4.78 is 14.2. The van der Waals surface area contributed by atoms with Crippen LogP contribution in [0.25, 0.3) is 0 Å². The lowest BCUT2D eigenvalue weighted by molar-refractivity contribution is 0.623. The molecule has 0 aliphatic heterocycles. The van der Waals surface area contributed by atoms with Crippen molar-refractivity contribution in [3.8, 4) is 0 Å². The summed E-state index contributed by atoms with van der Waals surface area (Å²) in [7, 11) is 0. The fourth-order valence-corrected chi connectivity index (χ4v) is 2.48. The Kier molecular flexibility index (Phi) is 4.05. The first kappa shape index (κ1) is 13.5. The van der Waals surface area contributed by atoms with Gasteiger partial charge in [-0.15, -0.1) is 0 Å². The molecule has 2 aromatic carbocycles. The van der Waals surface area contributed by atoms with Crippen molar-refractivity contribution in [3.05, 3.63) is 68.4 Å². The summed E-state index contributed by atoms with van der Waals surface area (Å²) >= 11 is 9.48. The molecule has 2 aromatic rings. The SMILES string of the molecule is Cc1ccc(Br)cc1C(N)c1cc(F)ccc1Cl. The number of rotatable bonds is 2. The Balaban J connectivity index is 2.50. The summed E-state index contributed by atoms with van der Waals surface area (Å²) in [5.74, 6) is -0.336. The van der Waals surface area contributed by atoms with Crippen molar-refractivity contribution in [1.82, 2.24) is 0 Å². The van der Waals surface area contributed by atoms with Gasteiger partial charge in [0.25, 0.3) is 0 Å². The molecular weight excluding hydrogens is 317 g/mol. The van der Waals surface area contributed by atoms with E-state index in [1.54, 1.807) is 0 Å². The van der Waals surface area contributed by atoms with Gasteiger partial charge in [0.1, 0.15) is 5.82 Å². The molecule has 0 heterocycles. The lowest BCUT2D eigenvalue weighted by atomic mass is 9.96. The molecule has 94 valence electrons. The first-order chi connectivity index (χ1) is 8.49. The van der Waals surface area contributed by atoms with Crippen molar-refractivity contribution >= 4 is 27.5 Å². The minimum absolute atomic E-state index is 0.336. The van der Waals surface area contributed by atoms with E-state index in [0.29, 0.717) is 10.6 Å². The summed E-state index contributed by atoms with van der Waals surface area (Å²) in [6.07, 6.45) is 0. The van der Waals surface area contributed by atoms with Gasteiger partial charge in [0.05, 0.1) is 6.04 Å². The van der Waals surface area contributed by atoms with E-state index >= 15 is 0 Å². The van der Waals surface area contributed by atoms with Crippen LogP contribution in [-0.2, 0) is 0 Å². The fourth-order valence-electron chi connectivity index (χ4n) is 1.87. The Morgan fingerprint density at radius 3 is 2.61 bits per heavy atom. The highest BCUT2D eigenvalue weighted by atomic mass is 79.9. The Labute approximate surface area is 119 Å². The largest absolute Gasteiger partial charge is 0.320 e. The van der Waals surface area contributed by atoms with E-state index in [4.69, 9.17) is 17.3 Å². The third-order valence-corrected chi connectivity index (χ3v) is 3.71. The topological polar surface area (TPSA) is 26.0 Å². The van der Waals surface area contributed by atoms with Gasteiger partial charge in [-0.3, -0.25) is 0 Å². The van der Waals surface area contributed by atoms with E-state index in [2.05, 4.69) is 15.9 Å². The fraction of sp³-hybridized carbons (Fsp3) is 0.143. The maximum absolute atomic E-state index is 13.3. The minimum Gasteiger partial charge on any atom is -0.320 e. The van der Waals surface area contributed by atoms with Crippen molar-refractivity contribution in [3.63, 3.8) is 0 Å². The molecule has 4 heteroatoms. The maximum Gasteiger partial charge on any atom is 0.123 e. The van der Waals surface area contributed by atoms with Crippen LogP contribution in [0.3, 0.4) is 0 Å². The van der Waals surface area contributed by atoms with Crippen molar-refractivity contribution in [1.29, 1.82) is 0 Å². The smallest absolute Gasteiger partial charge is 0.123 e. The summed E-state index contributed by atoms with van der Waals surface area (Å²) in [5, 5.41) is 0.475. The third-order valence-electron chi connectivity index (χ3n) is 2.87. The molecule has 2 N–H and O–H groups in total. The number of nitrogens with two attached hydrogens (primary N) is 1. The van der Waals surface area contributed by atoms with Crippen LogP contribution in [0.4, 0.5) is 4.39 Å². The molecular formula is C14H12BrClFN. The first-order valence-electron chi connectivity index (χ1n) is 5.45. The predicted octanol–water partition coefficient (Wildman–Crippen LogP) is 4.60. The van der Waals surface area contributed by atoms with Gasteiger partial charge < -0.3 is 5.73 Å². The van der Waals surface area contributed by atoms with Gasteiger partial charge in [0.15, 0.2) is 0 Å². The molecule has 0 aromatic heterocycles. The van der Waals surface area contributed by atoms with Crippen LogP contribution in [0.1, 0.15) is 22.7 Å². The molecule has 0 spiro atoms. The highest BCUT2D eigenvalue weighted by Gasteiger charge is 2.15. The van der Waals surface area contributed by atoms with E-state index in [9.17, 15) is 4.39 Å². The van der Waals surface area contributed by atoms with Crippen LogP contribution < -0.4 is 5.73 Å². The van der Waals surface area contributed by atoms with Gasteiger partial charge >= 0.3 is 0 Å². The Morgan fingerprint density at radius 2 is 1.89 bits per heavy atom. The number of hydrogen-bond acceptors (Lipinski definition) is 1. The minimum atomic E-state index is -0.439. The van der Waals surface area contributed by atoms with Crippen LogP contribution in [0.2, 0.25) is 5.02 Å². The molecule has 2 rings (SSSR count). The maximum atomic E-state index is 13.3. The molecule has 1 atom stereocenters. The number of aryl methyl sites for hydroxylation is 1. The summed E-state index contributed by atoms with van der Waals surface area (Å²) in [6, 6.07) is 9.64. The van der Waals surface area contributed by atoms with E-state index in [0.717, 1.165) is 15.6 Å². The number of benzene rings is 2. The van der Waals surface area contributed by atoms with Gasteiger partial charge in [-0.05, 0) is 53.9 Å². The molecule has 0 bridgehead atoms. The van der Waals surface area contributed by atoms with Gasteiger partial charge in [0.2, 0.25) is 0 Å². The highest BCUT2D eigenvalue weighted by molar-refractivity contribution is 9.10. The molecule has 0 radical (unpaired) electrons. The summed E-state index contributed by atoms with van der Waals surface area (Å²) in [4.78, 5) is 0.